The lowest BCUT2D eigenvalue weighted by molar-refractivity contribution is 0.0224. The SMILES string of the molecule is CC(=O)c1cccc(NC(=O)c2cc3cc4/c(nc3s2)=C\C(C)OCCOC(C)\C=4)c1. The molecule has 1 amide bonds. The number of nitrogens with one attached hydrogen (secondary N) is 1. The number of fused-ring (bicyclic) bond motifs is 2. The number of amides is 1. The van der Waals surface area contributed by atoms with Crippen molar-refractivity contribution in [2.45, 2.75) is 33.0 Å². The van der Waals surface area contributed by atoms with Crippen molar-refractivity contribution in [1.29, 1.82) is 0 Å². The second-order valence-electron chi connectivity index (χ2n) is 7.54. The molecule has 160 valence electrons. The molecule has 2 atom stereocenters. The number of carbonyl (C=O) groups excluding carboxylic acids is 2. The number of pyridine rings is 1. The maximum absolute atomic E-state index is 12.8. The third-order valence-corrected chi connectivity index (χ3v) is 6.01. The van der Waals surface area contributed by atoms with Crippen molar-refractivity contribution >= 4 is 51.1 Å². The van der Waals surface area contributed by atoms with Crippen LogP contribution >= 0.6 is 11.3 Å². The van der Waals surface area contributed by atoms with E-state index in [9.17, 15) is 9.59 Å². The number of hydrogen-bond acceptors (Lipinski definition) is 6. The zero-order valence-electron chi connectivity index (χ0n) is 17.7. The van der Waals surface area contributed by atoms with Crippen LogP contribution in [0.1, 0.15) is 40.8 Å². The van der Waals surface area contributed by atoms with Gasteiger partial charge in [-0.1, -0.05) is 12.1 Å². The summed E-state index contributed by atoms with van der Waals surface area (Å²) in [5, 5.41) is 5.54. The van der Waals surface area contributed by atoms with E-state index in [-0.39, 0.29) is 23.9 Å². The number of benzene rings is 1. The van der Waals surface area contributed by atoms with E-state index in [4.69, 9.17) is 14.5 Å². The number of aromatic nitrogens is 1. The van der Waals surface area contributed by atoms with Gasteiger partial charge in [0.05, 0.1) is 35.6 Å². The van der Waals surface area contributed by atoms with E-state index < -0.39 is 0 Å². The van der Waals surface area contributed by atoms with Gasteiger partial charge in [0.15, 0.2) is 5.78 Å². The molecular formula is C24H24N2O4S. The van der Waals surface area contributed by atoms with E-state index in [2.05, 4.69) is 5.32 Å². The molecule has 31 heavy (non-hydrogen) atoms. The summed E-state index contributed by atoms with van der Waals surface area (Å²) in [6, 6.07) is 10.8. The topological polar surface area (TPSA) is 77.5 Å². The molecule has 2 unspecified atom stereocenters. The smallest absolute Gasteiger partial charge is 0.265 e. The molecule has 1 aromatic carbocycles. The summed E-state index contributed by atoms with van der Waals surface area (Å²) in [5.41, 5.74) is 1.14. The summed E-state index contributed by atoms with van der Waals surface area (Å²) in [4.78, 5) is 30.5. The third kappa shape index (κ3) is 5.07. The lowest BCUT2D eigenvalue weighted by Crippen LogP contribution is -2.33. The molecule has 6 nitrogen and oxygen atoms in total. The van der Waals surface area contributed by atoms with Crippen molar-refractivity contribution in [1.82, 2.24) is 4.98 Å². The van der Waals surface area contributed by atoms with Crippen molar-refractivity contribution in [3.63, 3.8) is 0 Å². The standard InChI is InChI=1S/C24H24N2O4S/c1-14-9-18-11-19-13-22(23(28)25-20-6-4-5-17(12-20)16(3)27)31-24(19)26-21(18)10-15(2)30-8-7-29-14/h4-6,9-15H,7-8H2,1-3H3,(H,25,28)/b18-9-,21-10+. The van der Waals surface area contributed by atoms with Crippen LogP contribution in [0.15, 0.2) is 36.4 Å². The molecule has 1 aliphatic heterocycles. The number of thiophene rings is 1. The van der Waals surface area contributed by atoms with Gasteiger partial charge < -0.3 is 14.8 Å². The van der Waals surface area contributed by atoms with Crippen molar-refractivity contribution in [3.05, 3.63) is 57.4 Å². The fourth-order valence-corrected chi connectivity index (χ4v) is 4.35. The summed E-state index contributed by atoms with van der Waals surface area (Å²) < 4.78 is 11.5. The van der Waals surface area contributed by atoms with Crippen molar-refractivity contribution < 1.29 is 19.1 Å². The quantitative estimate of drug-likeness (QED) is 0.639. The highest BCUT2D eigenvalue weighted by Crippen LogP contribution is 2.23. The highest BCUT2D eigenvalue weighted by atomic mass is 32.1. The predicted octanol–water partition coefficient (Wildman–Crippen LogP) is 3.14. The number of ether oxygens (including phenoxy) is 2. The van der Waals surface area contributed by atoms with Crippen molar-refractivity contribution in [3.8, 4) is 0 Å². The number of hydrogen-bond donors (Lipinski definition) is 1. The Morgan fingerprint density at radius 1 is 1.06 bits per heavy atom. The van der Waals surface area contributed by atoms with E-state index in [1.165, 1.54) is 18.3 Å². The average Bonchev–Trinajstić information content (AvgIpc) is 3.14. The van der Waals surface area contributed by atoms with Gasteiger partial charge in [0, 0.05) is 16.6 Å². The molecular weight excluding hydrogens is 412 g/mol. The molecule has 0 bridgehead atoms. The normalized spacial score (nSPS) is 21.3. The van der Waals surface area contributed by atoms with Crippen LogP contribution in [0.5, 0.6) is 0 Å². The Morgan fingerprint density at radius 2 is 1.81 bits per heavy atom. The Hall–Kier alpha value is -2.87. The molecule has 0 saturated carbocycles. The van der Waals surface area contributed by atoms with Crippen LogP contribution in [0.4, 0.5) is 5.69 Å². The van der Waals surface area contributed by atoms with Crippen LogP contribution in [0.2, 0.25) is 0 Å². The van der Waals surface area contributed by atoms with Crippen molar-refractivity contribution in [2.75, 3.05) is 18.5 Å². The Balaban J connectivity index is 1.70. The molecule has 2 aromatic heterocycles. The zero-order valence-corrected chi connectivity index (χ0v) is 18.5. The molecule has 7 heteroatoms. The minimum absolute atomic E-state index is 0.0462. The highest BCUT2D eigenvalue weighted by Gasteiger charge is 2.13. The van der Waals surface area contributed by atoms with Gasteiger partial charge >= 0.3 is 0 Å². The first-order valence-corrected chi connectivity index (χ1v) is 11.0. The summed E-state index contributed by atoms with van der Waals surface area (Å²) in [5.74, 6) is -0.277. The fraction of sp³-hybridized carbons (Fsp3) is 0.292. The Morgan fingerprint density at radius 3 is 2.55 bits per heavy atom. The first-order chi connectivity index (χ1) is 14.9. The summed E-state index contributed by atoms with van der Waals surface area (Å²) in [6.07, 6.45) is 3.88. The Kier molecular flexibility index (Phi) is 6.27. The largest absolute Gasteiger partial charge is 0.372 e. The van der Waals surface area contributed by atoms with E-state index in [0.29, 0.717) is 29.3 Å². The number of rotatable bonds is 3. The van der Waals surface area contributed by atoms with Gasteiger partial charge in [-0.3, -0.25) is 9.59 Å². The average molecular weight is 437 g/mol. The number of nitrogens with zero attached hydrogens (tertiary/aromatic N) is 1. The third-order valence-electron chi connectivity index (χ3n) is 4.97. The monoisotopic (exact) mass is 436 g/mol. The van der Waals surface area contributed by atoms with Crippen LogP contribution in [-0.4, -0.2) is 42.1 Å². The molecule has 1 N–H and O–H groups in total. The van der Waals surface area contributed by atoms with Gasteiger partial charge in [-0.05, 0) is 62.4 Å². The van der Waals surface area contributed by atoms with E-state index in [0.717, 1.165) is 20.8 Å². The predicted molar refractivity (Wildman–Crippen MR) is 123 cm³/mol. The maximum Gasteiger partial charge on any atom is 0.265 e. The molecule has 1 aliphatic rings. The van der Waals surface area contributed by atoms with E-state index in [1.54, 1.807) is 24.3 Å². The minimum Gasteiger partial charge on any atom is -0.372 e. The fourth-order valence-electron chi connectivity index (χ4n) is 3.43. The summed E-state index contributed by atoms with van der Waals surface area (Å²) in [6.45, 7) is 6.53. The molecule has 0 spiro atoms. The molecule has 0 aliphatic carbocycles. The highest BCUT2D eigenvalue weighted by molar-refractivity contribution is 7.20. The second kappa shape index (κ2) is 9.09. The Bertz CT molecular complexity index is 1200. The Labute approximate surface area is 184 Å². The zero-order chi connectivity index (χ0) is 22.0. The van der Waals surface area contributed by atoms with Gasteiger partial charge in [-0.2, -0.15) is 0 Å². The van der Waals surface area contributed by atoms with Crippen LogP contribution in [-0.2, 0) is 9.47 Å². The first-order valence-electron chi connectivity index (χ1n) is 10.2. The summed E-state index contributed by atoms with van der Waals surface area (Å²) >= 11 is 1.34. The van der Waals surface area contributed by atoms with Crippen molar-refractivity contribution in [2.24, 2.45) is 0 Å². The van der Waals surface area contributed by atoms with Gasteiger partial charge in [-0.25, -0.2) is 4.98 Å². The minimum atomic E-state index is -0.230. The first kappa shape index (κ1) is 21.4. The van der Waals surface area contributed by atoms with Crippen LogP contribution in [0, 0.1) is 0 Å². The van der Waals surface area contributed by atoms with Crippen LogP contribution < -0.4 is 15.9 Å². The lowest BCUT2D eigenvalue weighted by Gasteiger charge is -2.13. The van der Waals surface area contributed by atoms with Crippen LogP contribution in [0.3, 0.4) is 0 Å². The maximum atomic E-state index is 12.8. The molecule has 3 heterocycles. The van der Waals surface area contributed by atoms with Gasteiger partial charge in [-0.15, -0.1) is 11.3 Å². The van der Waals surface area contributed by atoms with Gasteiger partial charge in [0.2, 0.25) is 0 Å². The second-order valence-corrected chi connectivity index (χ2v) is 8.57. The van der Waals surface area contributed by atoms with Gasteiger partial charge in [0.25, 0.3) is 5.91 Å². The van der Waals surface area contributed by atoms with E-state index >= 15 is 0 Å². The van der Waals surface area contributed by atoms with Gasteiger partial charge in [0.1, 0.15) is 4.83 Å². The number of ketones is 1. The summed E-state index contributed by atoms with van der Waals surface area (Å²) in [7, 11) is 0. The number of carbonyl (C=O) groups is 2. The molecule has 4 rings (SSSR count). The van der Waals surface area contributed by atoms with Crippen LogP contribution in [0.25, 0.3) is 22.4 Å². The number of anilines is 1. The molecule has 3 aromatic rings. The van der Waals surface area contributed by atoms with E-state index in [1.807, 2.05) is 38.1 Å². The number of Topliss-reactive ketones (excluding diaryl/α,β-unsaturated/α-hetero) is 1. The molecule has 0 saturated heterocycles. The molecule has 0 fully saturated rings. The lowest BCUT2D eigenvalue weighted by atomic mass is 10.1. The molecule has 0 radical (unpaired) electrons.